The lowest BCUT2D eigenvalue weighted by atomic mass is 10.2. The Morgan fingerprint density at radius 3 is 2.79 bits per heavy atom. The van der Waals surface area contributed by atoms with E-state index in [9.17, 15) is 8.42 Å². The van der Waals surface area contributed by atoms with E-state index in [1.165, 1.54) is 6.07 Å². The van der Waals surface area contributed by atoms with Crippen molar-refractivity contribution in [1.82, 2.24) is 0 Å². The Morgan fingerprint density at radius 2 is 2.21 bits per heavy atom. The molecule has 1 aliphatic rings. The van der Waals surface area contributed by atoms with E-state index in [2.05, 4.69) is 6.92 Å². The van der Waals surface area contributed by atoms with Crippen LogP contribution in [0, 0.1) is 0 Å². The van der Waals surface area contributed by atoms with Gasteiger partial charge in [-0.05, 0) is 37.1 Å². The van der Waals surface area contributed by atoms with Crippen LogP contribution < -0.4 is 5.14 Å². The molecule has 2 N–H and O–H groups in total. The second-order valence-electron chi connectivity index (χ2n) is 4.55. The van der Waals surface area contributed by atoms with Crippen molar-refractivity contribution in [2.75, 3.05) is 6.61 Å². The highest BCUT2D eigenvalue weighted by Crippen LogP contribution is 2.30. The second kappa shape index (κ2) is 6.01. The lowest BCUT2D eigenvalue weighted by Crippen LogP contribution is -2.14. The quantitative estimate of drug-likeness (QED) is 0.924. The molecule has 7 heteroatoms. The number of benzene rings is 1. The topological polar surface area (TPSA) is 69.4 Å². The smallest absolute Gasteiger partial charge is 0.238 e. The van der Waals surface area contributed by atoms with Gasteiger partial charge in [0.1, 0.15) is 0 Å². The van der Waals surface area contributed by atoms with Gasteiger partial charge in [0.15, 0.2) is 0 Å². The summed E-state index contributed by atoms with van der Waals surface area (Å²) in [5.74, 6) is 0.696. The van der Waals surface area contributed by atoms with Crippen LogP contribution in [0.1, 0.15) is 18.9 Å². The van der Waals surface area contributed by atoms with Crippen LogP contribution in [0.25, 0.3) is 0 Å². The summed E-state index contributed by atoms with van der Waals surface area (Å²) < 4.78 is 28.2. The molecular formula is C12H16ClNO3S2. The molecule has 1 saturated heterocycles. The molecule has 0 radical (unpaired) electrons. The number of hydrogen-bond donors (Lipinski definition) is 1. The molecule has 1 heterocycles. The molecule has 1 aliphatic heterocycles. The van der Waals surface area contributed by atoms with Crippen molar-refractivity contribution in [2.45, 2.75) is 35.3 Å². The van der Waals surface area contributed by atoms with Gasteiger partial charge in [0, 0.05) is 22.6 Å². The van der Waals surface area contributed by atoms with E-state index < -0.39 is 10.0 Å². The predicted octanol–water partition coefficient (Wildman–Crippen LogP) is 2.40. The van der Waals surface area contributed by atoms with Gasteiger partial charge >= 0.3 is 0 Å². The molecule has 2 atom stereocenters. The van der Waals surface area contributed by atoms with Crippen LogP contribution in [-0.4, -0.2) is 26.4 Å². The molecule has 0 unspecified atom stereocenters. The summed E-state index contributed by atoms with van der Waals surface area (Å²) in [7, 11) is -3.71. The Labute approximate surface area is 122 Å². The largest absolute Gasteiger partial charge is 0.377 e. The SMILES string of the molecule is C[C@@H]1OCC[C@@H]1SCc1cc(Cl)cc(S(N)(=O)=O)c1. The molecule has 106 valence electrons. The first kappa shape index (κ1) is 15.1. The highest BCUT2D eigenvalue weighted by Gasteiger charge is 2.24. The number of rotatable bonds is 4. The molecule has 19 heavy (non-hydrogen) atoms. The van der Waals surface area contributed by atoms with Crippen LogP contribution in [-0.2, 0) is 20.5 Å². The first-order chi connectivity index (χ1) is 8.86. The number of sulfonamides is 1. The van der Waals surface area contributed by atoms with E-state index in [-0.39, 0.29) is 11.0 Å². The van der Waals surface area contributed by atoms with Gasteiger partial charge in [-0.2, -0.15) is 11.8 Å². The first-order valence-corrected chi connectivity index (χ1v) is 8.89. The number of primary sulfonamides is 1. The molecule has 0 saturated carbocycles. The van der Waals surface area contributed by atoms with Gasteiger partial charge in [-0.1, -0.05) is 11.6 Å². The van der Waals surface area contributed by atoms with E-state index in [0.717, 1.165) is 18.6 Å². The number of nitrogens with two attached hydrogens (primary N) is 1. The molecule has 4 nitrogen and oxygen atoms in total. The summed E-state index contributed by atoms with van der Waals surface area (Å²) in [4.78, 5) is 0.0614. The Kier molecular flexibility index (Phi) is 4.79. The summed E-state index contributed by atoms with van der Waals surface area (Å²) in [5, 5.41) is 5.95. The van der Waals surface area contributed by atoms with Gasteiger partial charge in [0.05, 0.1) is 11.0 Å². The zero-order valence-electron chi connectivity index (χ0n) is 10.5. The maximum atomic E-state index is 11.3. The Hall–Kier alpha value is -0.270. The van der Waals surface area contributed by atoms with Crippen molar-refractivity contribution in [2.24, 2.45) is 5.14 Å². The fourth-order valence-corrected chi connectivity index (χ4v) is 4.12. The van der Waals surface area contributed by atoms with Gasteiger partial charge in [-0.15, -0.1) is 0 Å². The number of halogens is 1. The van der Waals surface area contributed by atoms with Crippen molar-refractivity contribution >= 4 is 33.4 Å². The molecule has 0 amide bonds. The number of hydrogen-bond acceptors (Lipinski definition) is 4. The third kappa shape index (κ3) is 4.10. The summed E-state index contributed by atoms with van der Waals surface area (Å²) >= 11 is 7.68. The maximum absolute atomic E-state index is 11.3. The summed E-state index contributed by atoms with van der Waals surface area (Å²) in [6.07, 6.45) is 1.26. The van der Waals surface area contributed by atoms with Gasteiger partial charge < -0.3 is 4.74 Å². The average Bonchev–Trinajstić information content (AvgIpc) is 2.70. The van der Waals surface area contributed by atoms with Crippen molar-refractivity contribution < 1.29 is 13.2 Å². The van der Waals surface area contributed by atoms with Gasteiger partial charge in [-0.3, -0.25) is 0 Å². The lowest BCUT2D eigenvalue weighted by Gasteiger charge is -2.13. The zero-order chi connectivity index (χ0) is 14.0. The molecule has 1 aromatic rings. The number of thioether (sulfide) groups is 1. The molecule has 1 aromatic carbocycles. The van der Waals surface area contributed by atoms with Gasteiger partial charge in [0.2, 0.25) is 10.0 Å². The average molecular weight is 322 g/mol. The molecular weight excluding hydrogens is 306 g/mol. The van der Waals surface area contributed by atoms with Crippen LogP contribution in [0.3, 0.4) is 0 Å². The normalized spacial score (nSPS) is 23.7. The van der Waals surface area contributed by atoms with Gasteiger partial charge in [-0.25, -0.2) is 13.6 Å². The standard InChI is InChI=1S/C12H16ClNO3S2/c1-8-12(2-3-17-8)18-7-9-4-10(13)6-11(5-9)19(14,15)16/h4-6,8,12H,2-3,7H2,1H3,(H2,14,15,16)/t8-,12-/m0/s1. The van der Waals surface area contributed by atoms with Crippen LogP contribution in [0.4, 0.5) is 0 Å². The fraction of sp³-hybridized carbons (Fsp3) is 0.500. The minimum atomic E-state index is -3.71. The molecule has 0 aromatic heterocycles. The minimum Gasteiger partial charge on any atom is -0.377 e. The van der Waals surface area contributed by atoms with Crippen molar-refractivity contribution in [1.29, 1.82) is 0 Å². The number of ether oxygens (including phenoxy) is 1. The lowest BCUT2D eigenvalue weighted by molar-refractivity contribution is 0.127. The monoisotopic (exact) mass is 321 g/mol. The maximum Gasteiger partial charge on any atom is 0.238 e. The van der Waals surface area contributed by atoms with E-state index in [1.54, 1.807) is 23.9 Å². The van der Waals surface area contributed by atoms with Gasteiger partial charge in [0.25, 0.3) is 0 Å². The molecule has 0 spiro atoms. The van der Waals surface area contributed by atoms with Crippen LogP contribution >= 0.6 is 23.4 Å². The molecule has 0 aliphatic carbocycles. The fourth-order valence-electron chi connectivity index (χ4n) is 2.00. The van der Waals surface area contributed by atoms with Crippen LogP contribution in [0.5, 0.6) is 0 Å². The second-order valence-corrected chi connectivity index (χ2v) is 7.78. The summed E-state index contributed by atoms with van der Waals surface area (Å²) in [5.41, 5.74) is 0.862. The predicted molar refractivity (Wildman–Crippen MR) is 77.9 cm³/mol. The van der Waals surface area contributed by atoms with Crippen LogP contribution in [0.2, 0.25) is 5.02 Å². The molecule has 0 bridgehead atoms. The van der Waals surface area contributed by atoms with E-state index in [1.807, 2.05) is 0 Å². The van der Waals surface area contributed by atoms with Crippen LogP contribution in [0.15, 0.2) is 23.1 Å². The minimum absolute atomic E-state index is 0.0614. The van der Waals surface area contributed by atoms with E-state index >= 15 is 0 Å². The van der Waals surface area contributed by atoms with Crippen molar-refractivity contribution in [3.63, 3.8) is 0 Å². The third-order valence-corrected chi connectivity index (χ3v) is 5.69. The highest BCUT2D eigenvalue weighted by molar-refractivity contribution is 7.99. The Morgan fingerprint density at radius 1 is 1.47 bits per heavy atom. The van der Waals surface area contributed by atoms with Crippen molar-refractivity contribution in [3.05, 3.63) is 28.8 Å². The zero-order valence-corrected chi connectivity index (χ0v) is 12.9. The molecule has 1 fully saturated rings. The Bertz CT molecular complexity index is 562. The Balaban J connectivity index is 2.10. The summed E-state index contributed by atoms with van der Waals surface area (Å²) in [6, 6.07) is 4.71. The summed E-state index contributed by atoms with van der Waals surface area (Å²) in [6.45, 7) is 2.84. The third-order valence-electron chi connectivity index (χ3n) is 3.03. The van der Waals surface area contributed by atoms with E-state index in [4.69, 9.17) is 21.5 Å². The molecule has 2 rings (SSSR count). The highest BCUT2D eigenvalue weighted by atomic mass is 35.5. The van der Waals surface area contributed by atoms with E-state index in [0.29, 0.717) is 16.0 Å². The van der Waals surface area contributed by atoms with Crippen molar-refractivity contribution in [3.8, 4) is 0 Å². The first-order valence-electron chi connectivity index (χ1n) is 5.92.